The van der Waals surface area contributed by atoms with Gasteiger partial charge in [-0.15, -0.1) is 29.3 Å². The summed E-state index contributed by atoms with van der Waals surface area (Å²) in [5.41, 5.74) is 11.7. The molecule has 2 aromatic heterocycles. The zero-order chi connectivity index (χ0) is 46.9. The Labute approximate surface area is 374 Å². The molecule has 0 atom stereocenters. The summed E-state index contributed by atoms with van der Waals surface area (Å²) in [4.78, 5) is 10.3. The van der Waals surface area contributed by atoms with Gasteiger partial charge in [-0.3, -0.25) is 9.55 Å². The molecule has 0 spiro atoms. The number of hydrogen-bond acceptors (Lipinski definition) is 3. The number of benzene rings is 6. The second kappa shape index (κ2) is 16.2. The molecule has 4 nitrogen and oxygen atoms in total. The molecule has 0 unspecified atom stereocenters. The first-order valence-corrected chi connectivity index (χ1v) is 19.5. The average molecular weight is 960 g/mol. The van der Waals surface area contributed by atoms with Crippen molar-refractivity contribution in [2.45, 2.75) is 73.1 Å². The van der Waals surface area contributed by atoms with E-state index in [-0.39, 0.29) is 37.5 Å². The first kappa shape index (κ1) is 33.3. The van der Waals surface area contributed by atoms with E-state index in [0.29, 0.717) is 28.4 Å². The summed E-state index contributed by atoms with van der Waals surface area (Å²) in [5.74, 6) is 1.32. The van der Waals surface area contributed by atoms with Crippen LogP contribution in [0.25, 0.3) is 72.7 Å². The summed E-state index contributed by atoms with van der Waals surface area (Å²) in [6, 6.07) is 36.6. The normalized spacial score (nSPS) is 13.7. The molecule has 0 saturated heterocycles. The molecular formula is C54H51N3OPt. The van der Waals surface area contributed by atoms with E-state index in [1.165, 1.54) is 5.56 Å². The standard InChI is InChI=1S/C54H51N3O.Pt/c1-34-19-21-38(22-20-34)39-23-24-55-48(32-39)42-27-41(29-43(30-42)53(4,5)6)46-17-14-18-49-50(46)56-52(47-26-35(2)25-36(3)51(47)58-10)57(49)45-31-40(37-15-12-11-13-16-37)28-44(33-45)54(7,8)9;/h11-26,28-33H,10H2,1-9H3;/q-2;+2/i1D3,19D,20D,21D,22D;. The Morgan fingerprint density at radius 1 is 0.678 bits per heavy atom. The Hall–Kier alpha value is -5.57. The third kappa shape index (κ3) is 8.34. The third-order valence-corrected chi connectivity index (χ3v) is 10.6. The Morgan fingerprint density at radius 2 is 1.39 bits per heavy atom. The minimum atomic E-state index is -2.82. The van der Waals surface area contributed by atoms with Crippen LogP contribution >= 0.6 is 0 Å². The number of aromatic nitrogens is 3. The molecule has 0 aliphatic carbocycles. The van der Waals surface area contributed by atoms with E-state index < -0.39 is 36.6 Å². The molecule has 8 rings (SSSR count). The molecule has 6 aromatic carbocycles. The Bertz CT molecular complexity index is 3130. The first-order valence-electron chi connectivity index (χ1n) is 23.0. The number of imidazole rings is 1. The summed E-state index contributed by atoms with van der Waals surface area (Å²) in [6.45, 7) is 14.3. The van der Waals surface area contributed by atoms with E-state index in [1.54, 1.807) is 18.3 Å². The van der Waals surface area contributed by atoms with Crippen molar-refractivity contribution in [1.29, 1.82) is 0 Å². The van der Waals surface area contributed by atoms with Crippen LogP contribution in [0, 0.1) is 33.9 Å². The SMILES string of the molecule is [2H]c1c([2H])c(C([2H])([2H])[2H])c([2H])c([2H])c1-c1ccnc(-c2[c-]c(-c3cccc4c3nc(-c3cc(C)cc(C)c3O[CH2-])n4-c3cc(-c4ccccc4)cc(C(C)(C)C)c3)cc(C(C)(C)C)c2)c1.[Pt+2]. The second-order valence-corrected chi connectivity index (χ2v) is 17.1. The number of pyridine rings is 1. The quantitative estimate of drug-likeness (QED) is 0.149. The van der Waals surface area contributed by atoms with Crippen LogP contribution in [0.15, 0.2) is 133 Å². The topological polar surface area (TPSA) is 39.9 Å². The van der Waals surface area contributed by atoms with Gasteiger partial charge < -0.3 is 4.74 Å². The van der Waals surface area contributed by atoms with Crippen LogP contribution in [0.3, 0.4) is 0 Å². The van der Waals surface area contributed by atoms with Crippen molar-refractivity contribution in [2.75, 3.05) is 0 Å². The van der Waals surface area contributed by atoms with Gasteiger partial charge in [-0.05, 0) is 101 Å². The van der Waals surface area contributed by atoms with Crippen molar-refractivity contribution in [3.8, 4) is 67.5 Å². The van der Waals surface area contributed by atoms with Gasteiger partial charge >= 0.3 is 21.1 Å². The van der Waals surface area contributed by atoms with Crippen LogP contribution in [0.2, 0.25) is 0 Å². The molecule has 5 heteroatoms. The van der Waals surface area contributed by atoms with Crippen LogP contribution < -0.4 is 4.74 Å². The monoisotopic (exact) mass is 959 g/mol. The van der Waals surface area contributed by atoms with Crippen molar-refractivity contribution < 1.29 is 35.4 Å². The molecular weight excluding hydrogens is 902 g/mol. The zero-order valence-corrected chi connectivity index (χ0v) is 36.9. The molecule has 0 saturated carbocycles. The fourth-order valence-electron chi connectivity index (χ4n) is 7.52. The minimum Gasteiger partial charge on any atom is -0.665 e. The maximum absolute atomic E-state index is 8.81. The predicted molar refractivity (Wildman–Crippen MR) is 242 cm³/mol. The van der Waals surface area contributed by atoms with Crippen molar-refractivity contribution in [3.05, 3.63) is 174 Å². The fraction of sp³-hybridized carbons (Fsp3) is 0.204. The molecule has 8 aromatic rings. The van der Waals surface area contributed by atoms with Gasteiger partial charge in [0.25, 0.3) is 0 Å². The number of para-hydroxylation sites is 1. The van der Waals surface area contributed by atoms with Gasteiger partial charge in [0.2, 0.25) is 0 Å². The van der Waals surface area contributed by atoms with Crippen molar-refractivity contribution in [2.24, 2.45) is 0 Å². The number of ether oxygens (including phenoxy) is 1. The van der Waals surface area contributed by atoms with Crippen LogP contribution in [0.1, 0.15) is 79.0 Å². The summed E-state index contributed by atoms with van der Waals surface area (Å²) in [5, 5.41) is 0. The number of rotatable bonds is 7. The van der Waals surface area contributed by atoms with Crippen LogP contribution in [-0.2, 0) is 31.9 Å². The first-order chi connectivity index (χ1) is 30.6. The predicted octanol–water partition coefficient (Wildman–Crippen LogP) is 14.2. The van der Waals surface area contributed by atoms with Gasteiger partial charge in [0.1, 0.15) is 5.82 Å². The van der Waals surface area contributed by atoms with E-state index in [2.05, 4.69) is 133 Å². The molecule has 0 aliphatic rings. The molecule has 298 valence electrons. The van der Waals surface area contributed by atoms with E-state index in [9.17, 15) is 0 Å². The van der Waals surface area contributed by atoms with E-state index in [4.69, 9.17) is 24.3 Å². The van der Waals surface area contributed by atoms with E-state index in [1.807, 2.05) is 31.2 Å². The maximum atomic E-state index is 8.81. The van der Waals surface area contributed by atoms with Crippen molar-refractivity contribution in [3.63, 3.8) is 0 Å². The van der Waals surface area contributed by atoms with Crippen molar-refractivity contribution >= 4 is 11.0 Å². The molecule has 0 bridgehead atoms. The molecule has 59 heavy (non-hydrogen) atoms. The van der Waals surface area contributed by atoms with Gasteiger partial charge in [-0.1, -0.05) is 143 Å². The van der Waals surface area contributed by atoms with Gasteiger partial charge in [-0.25, -0.2) is 4.98 Å². The van der Waals surface area contributed by atoms with Crippen molar-refractivity contribution in [1.82, 2.24) is 14.5 Å². The Kier molecular flexibility index (Phi) is 9.16. The van der Waals surface area contributed by atoms with Gasteiger partial charge in [0, 0.05) is 21.7 Å². The molecule has 0 radical (unpaired) electrons. The van der Waals surface area contributed by atoms with Crippen LogP contribution in [0.4, 0.5) is 0 Å². The molecule has 0 N–H and O–H groups in total. The summed E-state index contributed by atoms with van der Waals surface area (Å²) in [6.07, 6.45) is 1.56. The number of nitrogens with zero attached hydrogens (tertiary/aromatic N) is 3. The van der Waals surface area contributed by atoms with Gasteiger partial charge in [0.15, 0.2) is 0 Å². The van der Waals surface area contributed by atoms with Crippen LogP contribution in [-0.4, -0.2) is 14.5 Å². The van der Waals surface area contributed by atoms with E-state index in [0.717, 1.165) is 61.2 Å². The number of fused-ring (bicyclic) bond motifs is 1. The largest absolute Gasteiger partial charge is 2.00 e. The number of aryl methyl sites for hydroxylation is 2. The fourth-order valence-corrected chi connectivity index (χ4v) is 7.52. The summed E-state index contributed by atoms with van der Waals surface area (Å²) < 4.78 is 66.5. The molecule has 0 fully saturated rings. The maximum Gasteiger partial charge on any atom is 2.00 e. The summed E-state index contributed by atoms with van der Waals surface area (Å²) in [7, 11) is 3.87. The zero-order valence-electron chi connectivity index (χ0n) is 41.7. The molecule has 0 aliphatic heterocycles. The Balaban J connectivity index is 0.00000648. The second-order valence-electron chi connectivity index (χ2n) is 17.1. The number of hydrogen-bond donors (Lipinski definition) is 0. The summed E-state index contributed by atoms with van der Waals surface area (Å²) >= 11 is 0. The van der Waals surface area contributed by atoms with Gasteiger partial charge in [0.05, 0.1) is 27.8 Å². The van der Waals surface area contributed by atoms with Gasteiger partial charge in [-0.2, -0.15) is 7.11 Å². The molecule has 2 heterocycles. The average Bonchev–Trinajstić information content (AvgIpc) is 3.65. The minimum absolute atomic E-state index is 0. The van der Waals surface area contributed by atoms with E-state index >= 15 is 0 Å². The smallest absolute Gasteiger partial charge is 0.665 e. The van der Waals surface area contributed by atoms with Crippen LogP contribution in [0.5, 0.6) is 5.75 Å². The third-order valence-electron chi connectivity index (χ3n) is 10.6. The Morgan fingerprint density at radius 3 is 2.08 bits per heavy atom. The molecule has 0 amide bonds.